The van der Waals surface area contributed by atoms with Crippen molar-refractivity contribution in [3.05, 3.63) is 70.3 Å². The highest BCUT2D eigenvalue weighted by Gasteiger charge is 2.22. The van der Waals surface area contributed by atoms with Crippen LogP contribution in [0, 0.1) is 32.4 Å². The molecular formula is C22H19F2N3O4. The van der Waals surface area contributed by atoms with Crippen LogP contribution in [0.2, 0.25) is 0 Å². The number of rotatable bonds is 5. The van der Waals surface area contributed by atoms with Crippen molar-refractivity contribution in [2.24, 2.45) is 0 Å². The van der Waals surface area contributed by atoms with Crippen LogP contribution >= 0.6 is 0 Å². The van der Waals surface area contributed by atoms with Crippen molar-refractivity contribution in [1.29, 1.82) is 0 Å². The van der Waals surface area contributed by atoms with Gasteiger partial charge in [-0.15, -0.1) is 0 Å². The molecule has 0 aliphatic carbocycles. The Hall–Kier alpha value is -3.59. The Labute approximate surface area is 175 Å². The molecule has 1 amide bonds. The van der Waals surface area contributed by atoms with E-state index in [9.17, 15) is 18.7 Å². The number of aliphatic hydroxyl groups excluding tert-OH is 1. The molecule has 1 atom stereocenters. The van der Waals surface area contributed by atoms with E-state index in [0.29, 0.717) is 33.9 Å². The molecule has 0 bridgehead atoms. The molecule has 1 unspecified atom stereocenters. The summed E-state index contributed by atoms with van der Waals surface area (Å²) in [5.74, 6) is -1.25. The van der Waals surface area contributed by atoms with Crippen LogP contribution in [-0.4, -0.2) is 27.7 Å². The maximum Gasteiger partial charge on any atom is 0.259 e. The monoisotopic (exact) mass is 427 g/mol. The Morgan fingerprint density at radius 3 is 2.61 bits per heavy atom. The first-order valence-electron chi connectivity index (χ1n) is 9.50. The molecule has 0 spiro atoms. The molecule has 0 aliphatic rings. The summed E-state index contributed by atoms with van der Waals surface area (Å²) in [6.07, 6.45) is -1.22. The third-order valence-corrected chi connectivity index (χ3v) is 4.96. The van der Waals surface area contributed by atoms with E-state index in [2.05, 4.69) is 15.5 Å². The molecule has 1 aromatic carbocycles. The Kier molecular flexibility index (Phi) is 5.28. The maximum atomic E-state index is 13.4. The minimum atomic E-state index is -1.22. The minimum absolute atomic E-state index is 0.144. The number of halogens is 2. The molecule has 0 saturated carbocycles. The van der Waals surface area contributed by atoms with Gasteiger partial charge in [0.15, 0.2) is 11.6 Å². The number of nitrogens with zero attached hydrogens (tertiary/aromatic N) is 2. The van der Waals surface area contributed by atoms with Gasteiger partial charge in [0.1, 0.15) is 11.5 Å². The predicted molar refractivity (Wildman–Crippen MR) is 107 cm³/mol. The van der Waals surface area contributed by atoms with E-state index in [-0.39, 0.29) is 23.4 Å². The number of carbonyl (C=O) groups is 1. The molecular weight excluding hydrogens is 408 g/mol. The number of nitrogens with one attached hydrogen (secondary N) is 1. The maximum absolute atomic E-state index is 13.4. The first-order valence-corrected chi connectivity index (χ1v) is 9.50. The quantitative estimate of drug-likeness (QED) is 0.496. The summed E-state index contributed by atoms with van der Waals surface area (Å²) in [6, 6.07) is 6.48. The lowest BCUT2D eigenvalue weighted by molar-refractivity contribution is 0.0917. The van der Waals surface area contributed by atoms with Crippen LogP contribution in [-0.2, 0) is 0 Å². The normalized spacial score (nSPS) is 12.3. The van der Waals surface area contributed by atoms with Crippen molar-refractivity contribution in [1.82, 2.24) is 15.5 Å². The third-order valence-electron chi connectivity index (χ3n) is 4.96. The number of pyridine rings is 1. The number of aromatic nitrogens is 2. The number of carbonyl (C=O) groups excluding carboxylic acids is 1. The summed E-state index contributed by atoms with van der Waals surface area (Å²) in [5.41, 5.74) is 2.27. The van der Waals surface area contributed by atoms with Crippen LogP contribution in [0.3, 0.4) is 0 Å². The second-order valence-electron chi connectivity index (χ2n) is 7.23. The van der Waals surface area contributed by atoms with Crippen LogP contribution in [0.4, 0.5) is 8.78 Å². The summed E-state index contributed by atoms with van der Waals surface area (Å²) in [7, 11) is 0. The van der Waals surface area contributed by atoms with Crippen LogP contribution in [0.1, 0.15) is 39.2 Å². The highest BCUT2D eigenvalue weighted by molar-refractivity contribution is 6.07. The van der Waals surface area contributed by atoms with E-state index < -0.39 is 23.6 Å². The fourth-order valence-electron chi connectivity index (χ4n) is 3.42. The molecule has 160 valence electrons. The van der Waals surface area contributed by atoms with Gasteiger partial charge in [-0.2, -0.15) is 0 Å². The van der Waals surface area contributed by atoms with Gasteiger partial charge in [-0.25, -0.2) is 13.8 Å². The lowest BCUT2D eigenvalue weighted by Gasteiger charge is -2.13. The molecule has 9 heteroatoms. The summed E-state index contributed by atoms with van der Waals surface area (Å²) in [4.78, 5) is 17.4. The molecule has 3 aromatic heterocycles. The molecule has 4 aromatic rings. The van der Waals surface area contributed by atoms with Crippen LogP contribution < -0.4 is 5.32 Å². The standard InChI is InChI=1S/C22H19F2N3O4/c1-10-6-14(12(3)30-10)18-8-15(20-11(2)27-31-22(20)26-18)21(29)25-9-19(28)13-4-5-16(23)17(24)7-13/h4-8,19,28H,9H2,1-3H3,(H,25,29). The van der Waals surface area contributed by atoms with E-state index in [1.54, 1.807) is 32.9 Å². The second-order valence-corrected chi connectivity index (χ2v) is 7.23. The highest BCUT2D eigenvalue weighted by Crippen LogP contribution is 2.30. The van der Waals surface area contributed by atoms with Crippen molar-refractivity contribution < 1.29 is 27.6 Å². The number of fused-ring (bicyclic) bond motifs is 1. The Morgan fingerprint density at radius 1 is 1.16 bits per heavy atom. The van der Waals surface area contributed by atoms with Gasteiger partial charge < -0.3 is 19.4 Å². The molecule has 7 nitrogen and oxygen atoms in total. The Balaban J connectivity index is 1.64. The first-order chi connectivity index (χ1) is 14.7. The fourth-order valence-corrected chi connectivity index (χ4v) is 3.42. The number of aryl methyl sites for hydroxylation is 3. The average Bonchev–Trinajstić information content (AvgIpc) is 3.28. The Morgan fingerprint density at radius 2 is 1.94 bits per heavy atom. The third kappa shape index (κ3) is 3.91. The number of hydrogen-bond acceptors (Lipinski definition) is 6. The van der Waals surface area contributed by atoms with Crippen LogP contribution in [0.5, 0.6) is 0 Å². The van der Waals surface area contributed by atoms with Crippen LogP contribution in [0.15, 0.2) is 39.3 Å². The fraction of sp³-hybridized carbons (Fsp3) is 0.227. The van der Waals surface area contributed by atoms with Crippen molar-refractivity contribution in [3.8, 4) is 11.3 Å². The SMILES string of the molecule is Cc1cc(-c2cc(C(=O)NCC(O)c3ccc(F)c(F)c3)c3c(C)noc3n2)c(C)o1. The number of amides is 1. The van der Waals surface area contributed by atoms with Gasteiger partial charge >= 0.3 is 0 Å². The molecule has 0 radical (unpaired) electrons. The Bertz CT molecular complexity index is 1300. The molecule has 3 heterocycles. The highest BCUT2D eigenvalue weighted by atomic mass is 19.2. The summed E-state index contributed by atoms with van der Waals surface area (Å²) in [6.45, 7) is 5.07. The van der Waals surface area contributed by atoms with Crippen molar-refractivity contribution >= 4 is 17.0 Å². The number of furan rings is 1. The van der Waals surface area contributed by atoms with Crippen molar-refractivity contribution in [2.75, 3.05) is 6.54 Å². The van der Waals surface area contributed by atoms with Gasteiger partial charge in [-0.3, -0.25) is 4.79 Å². The van der Waals surface area contributed by atoms with E-state index in [1.807, 2.05) is 0 Å². The van der Waals surface area contributed by atoms with Gasteiger partial charge in [0.2, 0.25) is 0 Å². The van der Waals surface area contributed by atoms with Crippen molar-refractivity contribution in [2.45, 2.75) is 26.9 Å². The zero-order valence-electron chi connectivity index (χ0n) is 17.0. The number of benzene rings is 1. The van der Waals surface area contributed by atoms with Gasteiger partial charge in [0.05, 0.1) is 28.4 Å². The van der Waals surface area contributed by atoms with Crippen LogP contribution in [0.25, 0.3) is 22.4 Å². The first kappa shape index (κ1) is 20.7. The zero-order valence-corrected chi connectivity index (χ0v) is 17.0. The van der Waals surface area contributed by atoms with Gasteiger partial charge in [0.25, 0.3) is 11.6 Å². The van der Waals surface area contributed by atoms with Gasteiger partial charge in [-0.05, 0) is 50.6 Å². The lowest BCUT2D eigenvalue weighted by Crippen LogP contribution is -2.28. The zero-order chi connectivity index (χ0) is 22.3. The largest absolute Gasteiger partial charge is 0.466 e. The second kappa shape index (κ2) is 7.92. The lowest BCUT2D eigenvalue weighted by atomic mass is 10.0. The van der Waals surface area contributed by atoms with Gasteiger partial charge in [0, 0.05) is 12.1 Å². The van der Waals surface area contributed by atoms with Crippen molar-refractivity contribution in [3.63, 3.8) is 0 Å². The summed E-state index contributed by atoms with van der Waals surface area (Å²) < 4.78 is 37.4. The average molecular weight is 427 g/mol. The van der Waals surface area contributed by atoms with E-state index in [4.69, 9.17) is 8.94 Å². The smallest absolute Gasteiger partial charge is 0.259 e. The molecule has 2 N–H and O–H groups in total. The molecule has 0 fully saturated rings. The topological polar surface area (TPSA) is 101 Å². The predicted octanol–water partition coefficient (Wildman–Crippen LogP) is 4.15. The molecule has 0 aliphatic heterocycles. The minimum Gasteiger partial charge on any atom is -0.466 e. The summed E-state index contributed by atoms with van der Waals surface area (Å²) in [5, 5.41) is 17.2. The van der Waals surface area contributed by atoms with E-state index >= 15 is 0 Å². The molecule has 0 saturated heterocycles. The summed E-state index contributed by atoms with van der Waals surface area (Å²) >= 11 is 0. The molecule has 4 rings (SSSR count). The molecule has 31 heavy (non-hydrogen) atoms. The number of hydrogen-bond donors (Lipinski definition) is 2. The van der Waals surface area contributed by atoms with E-state index in [0.717, 1.165) is 12.1 Å². The van der Waals surface area contributed by atoms with E-state index in [1.165, 1.54) is 6.07 Å². The van der Waals surface area contributed by atoms with Gasteiger partial charge in [-0.1, -0.05) is 11.2 Å². The number of aliphatic hydroxyl groups is 1.